The Morgan fingerprint density at radius 2 is 2.05 bits per heavy atom. The third-order valence-corrected chi connectivity index (χ3v) is 4.17. The summed E-state index contributed by atoms with van der Waals surface area (Å²) in [6.07, 6.45) is 2.26. The third kappa shape index (κ3) is 2.48. The molecule has 1 N–H and O–H groups in total. The van der Waals surface area contributed by atoms with Gasteiger partial charge in [-0.15, -0.1) is 0 Å². The molecule has 2 aromatic carbocycles. The number of hydrogen-bond acceptors (Lipinski definition) is 2. The molecule has 0 spiro atoms. The van der Waals surface area contributed by atoms with Crippen LogP contribution in [0.4, 0.5) is 5.69 Å². The quantitative estimate of drug-likeness (QED) is 0.879. The number of ether oxygens (including phenoxy) is 1. The van der Waals surface area contributed by atoms with Gasteiger partial charge in [0.15, 0.2) is 0 Å². The van der Waals surface area contributed by atoms with Crippen LogP contribution in [0.3, 0.4) is 0 Å². The molecular weight excluding hydrogens is 270 g/mol. The van der Waals surface area contributed by atoms with Crippen molar-refractivity contribution < 1.29 is 4.74 Å². The Hall–Kier alpha value is -1.67. The first-order valence-electron chi connectivity index (χ1n) is 6.87. The number of halogens is 1. The van der Waals surface area contributed by atoms with Crippen molar-refractivity contribution in [1.29, 1.82) is 0 Å². The van der Waals surface area contributed by atoms with Crippen molar-refractivity contribution in [3.8, 4) is 5.75 Å². The zero-order valence-electron chi connectivity index (χ0n) is 11.7. The Bertz CT molecular complexity index is 639. The Kier molecular flexibility index (Phi) is 3.58. The lowest BCUT2D eigenvalue weighted by atomic mass is 10.0. The summed E-state index contributed by atoms with van der Waals surface area (Å²) >= 11 is 6.18. The second-order valence-electron chi connectivity index (χ2n) is 5.29. The lowest BCUT2D eigenvalue weighted by Crippen LogP contribution is -2.07. The molecule has 2 aromatic rings. The highest BCUT2D eigenvalue weighted by Crippen LogP contribution is 2.36. The zero-order chi connectivity index (χ0) is 14.1. The van der Waals surface area contributed by atoms with Crippen LogP contribution in [0.25, 0.3) is 0 Å². The number of rotatable bonds is 3. The van der Waals surface area contributed by atoms with Gasteiger partial charge in [-0.2, -0.15) is 0 Å². The fraction of sp³-hybridized carbons (Fsp3) is 0.294. The first-order valence-corrected chi connectivity index (χ1v) is 7.24. The second kappa shape index (κ2) is 5.37. The van der Waals surface area contributed by atoms with Crippen LogP contribution < -0.4 is 10.1 Å². The number of aryl methyl sites for hydroxylation is 2. The van der Waals surface area contributed by atoms with E-state index in [0.717, 1.165) is 18.5 Å². The van der Waals surface area contributed by atoms with E-state index in [1.165, 1.54) is 16.7 Å². The second-order valence-corrected chi connectivity index (χ2v) is 5.69. The molecule has 1 aliphatic rings. The summed E-state index contributed by atoms with van der Waals surface area (Å²) in [6, 6.07) is 12.9. The van der Waals surface area contributed by atoms with Gasteiger partial charge in [0.2, 0.25) is 0 Å². The van der Waals surface area contributed by atoms with Gasteiger partial charge in [-0.05, 0) is 49.1 Å². The van der Waals surface area contributed by atoms with Crippen molar-refractivity contribution in [1.82, 2.24) is 0 Å². The molecule has 0 fully saturated rings. The van der Waals surface area contributed by atoms with Crippen LogP contribution in [0, 0.1) is 6.92 Å². The molecule has 20 heavy (non-hydrogen) atoms. The first-order chi connectivity index (χ1) is 9.67. The molecule has 0 saturated heterocycles. The SMILES string of the molecule is COc1ccc(NC2CCc3ccc(C)cc32)cc1Cl. The molecule has 1 atom stereocenters. The average Bonchev–Trinajstić information content (AvgIpc) is 2.82. The average molecular weight is 288 g/mol. The largest absolute Gasteiger partial charge is 0.495 e. The Morgan fingerprint density at radius 3 is 2.80 bits per heavy atom. The maximum Gasteiger partial charge on any atom is 0.137 e. The van der Waals surface area contributed by atoms with Crippen LogP contribution in [0.15, 0.2) is 36.4 Å². The predicted octanol–water partition coefficient (Wildman–Crippen LogP) is 4.76. The monoisotopic (exact) mass is 287 g/mol. The molecule has 1 unspecified atom stereocenters. The zero-order valence-corrected chi connectivity index (χ0v) is 12.5. The van der Waals surface area contributed by atoms with Gasteiger partial charge in [0, 0.05) is 5.69 Å². The van der Waals surface area contributed by atoms with E-state index in [4.69, 9.17) is 16.3 Å². The highest BCUT2D eigenvalue weighted by Gasteiger charge is 2.22. The van der Waals surface area contributed by atoms with E-state index in [1.807, 2.05) is 18.2 Å². The smallest absolute Gasteiger partial charge is 0.137 e. The lowest BCUT2D eigenvalue weighted by Gasteiger charge is -2.17. The molecule has 2 nitrogen and oxygen atoms in total. The van der Waals surface area contributed by atoms with Crippen molar-refractivity contribution >= 4 is 17.3 Å². The van der Waals surface area contributed by atoms with Crippen LogP contribution in [0.1, 0.15) is 29.2 Å². The molecule has 104 valence electrons. The summed E-state index contributed by atoms with van der Waals surface area (Å²) in [5, 5.41) is 4.22. The minimum atomic E-state index is 0.370. The van der Waals surface area contributed by atoms with Gasteiger partial charge in [0.05, 0.1) is 18.2 Å². The van der Waals surface area contributed by atoms with E-state index in [0.29, 0.717) is 16.8 Å². The number of hydrogen-bond donors (Lipinski definition) is 1. The maximum atomic E-state index is 6.18. The van der Waals surface area contributed by atoms with Crippen LogP contribution in [0.2, 0.25) is 5.02 Å². The molecule has 3 rings (SSSR count). The summed E-state index contributed by atoms with van der Waals surface area (Å²) in [6.45, 7) is 2.14. The molecule has 0 amide bonds. The van der Waals surface area contributed by atoms with Gasteiger partial charge in [0.25, 0.3) is 0 Å². The molecule has 0 aliphatic heterocycles. The molecule has 1 aliphatic carbocycles. The van der Waals surface area contributed by atoms with Gasteiger partial charge >= 0.3 is 0 Å². The highest BCUT2D eigenvalue weighted by atomic mass is 35.5. The lowest BCUT2D eigenvalue weighted by molar-refractivity contribution is 0.415. The van der Waals surface area contributed by atoms with Crippen molar-refractivity contribution in [2.75, 3.05) is 12.4 Å². The summed E-state index contributed by atoms with van der Waals surface area (Å²) in [7, 11) is 1.63. The van der Waals surface area contributed by atoms with E-state index in [1.54, 1.807) is 7.11 Å². The number of methoxy groups -OCH3 is 1. The van der Waals surface area contributed by atoms with Crippen molar-refractivity contribution in [2.45, 2.75) is 25.8 Å². The third-order valence-electron chi connectivity index (χ3n) is 3.87. The van der Waals surface area contributed by atoms with Crippen LogP contribution in [-0.2, 0) is 6.42 Å². The van der Waals surface area contributed by atoms with Crippen molar-refractivity contribution in [3.05, 3.63) is 58.1 Å². The molecular formula is C17H18ClNO. The van der Waals surface area contributed by atoms with Gasteiger partial charge in [-0.1, -0.05) is 35.4 Å². The maximum absolute atomic E-state index is 6.18. The molecule has 0 aromatic heterocycles. The molecule has 0 bridgehead atoms. The first kappa shape index (κ1) is 13.3. The van der Waals surface area contributed by atoms with Crippen LogP contribution in [-0.4, -0.2) is 7.11 Å². The van der Waals surface area contributed by atoms with E-state index < -0.39 is 0 Å². The minimum Gasteiger partial charge on any atom is -0.495 e. The van der Waals surface area contributed by atoms with Crippen LogP contribution in [0.5, 0.6) is 5.75 Å². The summed E-state index contributed by atoms with van der Waals surface area (Å²) in [5.74, 6) is 0.708. The number of benzene rings is 2. The van der Waals surface area contributed by atoms with E-state index >= 15 is 0 Å². The Labute approximate surface area is 124 Å². The van der Waals surface area contributed by atoms with Crippen LogP contribution >= 0.6 is 11.6 Å². The Morgan fingerprint density at radius 1 is 1.20 bits per heavy atom. The molecule has 0 radical (unpaired) electrons. The fourth-order valence-electron chi connectivity index (χ4n) is 2.83. The van der Waals surface area contributed by atoms with Gasteiger partial charge in [0.1, 0.15) is 5.75 Å². The van der Waals surface area contributed by atoms with Crippen molar-refractivity contribution in [2.24, 2.45) is 0 Å². The van der Waals surface area contributed by atoms with E-state index in [9.17, 15) is 0 Å². The summed E-state index contributed by atoms with van der Waals surface area (Å²) in [5.41, 5.74) is 5.21. The highest BCUT2D eigenvalue weighted by molar-refractivity contribution is 6.32. The van der Waals surface area contributed by atoms with Crippen molar-refractivity contribution in [3.63, 3.8) is 0 Å². The summed E-state index contributed by atoms with van der Waals surface area (Å²) in [4.78, 5) is 0. The summed E-state index contributed by atoms with van der Waals surface area (Å²) < 4.78 is 5.18. The normalized spacial score (nSPS) is 16.9. The fourth-order valence-corrected chi connectivity index (χ4v) is 3.09. The Balaban J connectivity index is 1.83. The van der Waals surface area contributed by atoms with E-state index in [-0.39, 0.29) is 0 Å². The predicted molar refractivity (Wildman–Crippen MR) is 83.9 cm³/mol. The topological polar surface area (TPSA) is 21.3 Å². The number of fused-ring (bicyclic) bond motifs is 1. The minimum absolute atomic E-state index is 0.370. The number of anilines is 1. The number of nitrogens with one attached hydrogen (secondary N) is 1. The molecule has 0 heterocycles. The molecule has 3 heteroatoms. The van der Waals surface area contributed by atoms with Gasteiger partial charge < -0.3 is 10.1 Å². The van der Waals surface area contributed by atoms with Gasteiger partial charge in [-0.25, -0.2) is 0 Å². The molecule has 0 saturated carbocycles. The standard InChI is InChI=1S/C17H18ClNO/c1-11-3-4-12-5-7-16(14(12)9-11)19-13-6-8-17(20-2)15(18)10-13/h3-4,6,8-10,16,19H,5,7H2,1-2H3. The van der Waals surface area contributed by atoms with E-state index in [2.05, 4.69) is 30.4 Å². The van der Waals surface area contributed by atoms with Gasteiger partial charge in [-0.3, -0.25) is 0 Å².